The number of hydrogen-bond acceptors (Lipinski definition) is 3. The minimum Gasteiger partial charge on any atom is -0.454 e. The Morgan fingerprint density at radius 2 is 1.95 bits per heavy atom. The fourth-order valence-corrected chi connectivity index (χ4v) is 2.89. The lowest BCUT2D eigenvalue weighted by Gasteiger charge is -2.43. The summed E-state index contributed by atoms with van der Waals surface area (Å²) in [5, 5.41) is 0. The second kappa shape index (κ2) is 4.03. The van der Waals surface area contributed by atoms with Crippen LogP contribution in [0.1, 0.15) is 30.4 Å². The van der Waals surface area contributed by atoms with Gasteiger partial charge in [0.1, 0.15) is 0 Å². The number of rotatable bonds is 2. The van der Waals surface area contributed by atoms with Crippen LogP contribution in [0.25, 0.3) is 0 Å². The van der Waals surface area contributed by atoms with Gasteiger partial charge in [-0.3, -0.25) is 0 Å². The van der Waals surface area contributed by atoms with Crippen molar-refractivity contribution in [3.8, 4) is 11.5 Å². The van der Waals surface area contributed by atoms with Crippen LogP contribution in [0.4, 0.5) is 13.2 Å². The molecule has 2 aliphatic rings. The number of fused-ring (bicyclic) bond motifs is 1. The van der Waals surface area contributed by atoms with Gasteiger partial charge in [0.2, 0.25) is 6.79 Å². The fraction of sp³-hybridized carbons (Fsp3) is 0.538. The molecule has 3 rings (SSSR count). The molecule has 0 unspecified atom stereocenters. The molecule has 0 spiro atoms. The van der Waals surface area contributed by atoms with Gasteiger partial charge in [0.25, 0.3) is 0 Å². The van der Waals surface area contributed by atoms with Crippen molar-refractivity contribution in [1.82, 2.24) is 0 Å². The van der Waals surface area contributed by atoms with Crippen molar-refractivity contribution < 1.29 is 22.6 Å². The standard InChI is InChI=1S/C13H14F3NO2/c14-13(15,16)8-2-3-9-11(19-7-18-9)10(8)12(6-17)4-1-5-12/h2-3H,1,4-7,17H2. The third kappa shape index (κ3) is 1.77. The smallest absolute Gasteiger partial charge is 0.416 e. The first-order valence-electron chi connectivity index (χ1n) is 6.18. The Morgan fingerprint density at radius 1 is 1.21 bits per heavy atom. The first-order chi connectivity index (χ1) is 8.98. The van der Waals surface area contributed by atoms with Gasteiger partial charge < -0.3 is 15.2 Å². The topological polar surface area (TPSA) is 44.5 Å². The van der Waals surface area contributed by atoms with E-state index in [2.05, 4.69) is 0 Å². The monoisotopic (exact) mass is 273 g/mol. The molecule has 1 aromatic carbocycles. The zero-order valence-electron chi connectivity index (χ0n) is 10.2. The molecule has 0 aromatic heterocycles. The zero-order chi connectivity index (χ0) is 13.7. The average Bonchev–Trinajstić information content (AvgIpc) is 2.74. The highest BCUT2D eigenvalue weighted by Gasteiger charge is 2.48. The Kier molecular flexibility index (Phi) is 2.67. The maximum Gasteiger partial charge on any atom is 0.416 e. The Balaban J connectivity index is 2.22. The summed E-state index contributed by atoms with van der Waals surface area (Å²) in [5.41, 5.74) is 4.66. The summed E-state index contributed by atoms with van der Waals surface area (Å²) in [7, 11) is 0. The van der Waals surface area contributed by atoms with Gasteiger partial charge in [-0.25, -0.2) is 0 Å². The van der Waals surface area contributed by atoms with Crippen molar-refractivity contribution in [1.29, 1.82) is 0 Å². The number of nitrogens with two attached hydrogens (primary N) is 1. The van der Waals surface area contributed by atoms with Gasteiger partial charge >= 0.3 is 6.18 Å². The predicted molar refractivity (Wildman–Crippen MR) is 62.2 cm³/mol. The van der Waals surface area contributed by atoms with E-state index in [1.54, 1.807) is 0 Å². The lowest BCUT2D eigenvalue weighted by molar-refractivity contribution is -0.139. The number of ether oxygens (including phenoxy) is 2. The second-order valence-electron chi connectivity index (χ2n) is 5.06. The van der Waals surface area contributed by atoms with Crippen LogP contribution in [-0.4, -0.2) is 13.3 Å². The number of alkyl halides is 3. The number of halogens is 3. The summed E-state index contributed by atoms with van der Waals surface area (Å²) in [6.45, 7) is 0.153. The van der Waals surface area contributed by atoms with Crippen LogP contribution in [-0.2, 0) is 11.6 Å². The van der Waals surface area contributed by atoms with Crippen LogP contribution in [0.5, 0.6) is 11.5 Å². The molecule has 1 aliphatic carbocycles. The predicted octanol–water partition coefficient (Wildman–Crippen LogP) is 2.81. The molecule has 19 heavy (non-hydrogen) atoms. The molecule has 0 bridgehead atoms. The molecule has 3 nitrogen and oxygen atoms in total. The van der Waals surface area contributed by atoms with Gasteiger partial charge in [0, 0.05) is 17.5 Å². The third-order valence-electron chi connectivity index (χ3n) is 4.08. The first-order valence-corrected chi connectivity index (χ1v) is 6.18. The van der Waals surface area contributed by atoms with E-state index < -0.39 is 17.2 Å². The van der Waals surface area contributed by atoms with Crippen molar-refractivity contribution in [2.24, 2.45) is 5.73 Å². The molecule has 104 valence electrons. The van der Waals surface area contributed by atoms with Crippen molar-refractivity contribution in [2.45, 2.75) is 30.9 Å². The summed E-state index contributed by atoms with van der Waals surface area (Å²) >= 11 is 0. The second-order valence-corrected chi connectivity index (χ2v) is 5.06. The minimum absolute atomic E-state index is 0.0374. The van der Waals surface area contributed by atoms with E-state index in [0.29, 0.717) is 18.6 Å². The highest BCUT2D eigenvalue weighted by molar-refractivity contribution is 5.57. The lowest BCUT2D eigenvalue weighted by atomic mass is 9.63. The van der Waals surface area contributed by atoms with E-state index >= 15 is 0 Å². The Morgan fingerprint density at radius 3 is 2.47 bits per heavy atom. The fourth-order valence-electron chi connectivity index (χ4n) is 2.89. The molecule has 1 aromatic rings. The molecular formula is C13H14F3NO2. The number of hydrogen-bond donors (Lipinski definition) is 1. The summed E-state index contributed by atoms with van der Waals surface area (Å²) in [5.74, 6) is 0.600. The van der Waals surface area contributed by atoms with Crippen LogP contribution in [0.2, 0.25) is 0 Å². The van der Waals surface area contributed by atoms with Crippen LogP contribution in [0, 0.1) is 0 Å². The molecule has 0 amide bonds. The molecule has 1 saturated carbocycles. The largest absolute Gasteiger partial charge is 0.454 e. The lowest BCUT2D eigenvalue weighted by Crippen LogP contribution is -2.43. The Hall–Kier alpha value is -1.43. The summed E-state index contributed by atoms with van der Waals surface area (Å²) in [6, 6.07) is 2.39. The average molecular weight is 273 g/mol. The molecule has 1 heterocycles. The van der Waals surface area contributed by atoms with Gasteiger partial charge in [0.15, 0.2) is 11.5 Å². The van der Waals surface area contributed by atoms with Crippen molar-refractivity contribution in [2.75, 3.05) is 13.3 Å². The van der Waals surface area contributed by atoms with E-state index in [9.17, 15) is 13.2 Å². The Bertz CT molecular complexity index is 504. The van der Waals surface area contributed by atoms with E-state index in [1.807, 2.05) is 0 Å². The van der Waals surface area contributed by atoms with Gasteiger partial charge in [-0.05, 0) is 25.0 Å². The van der Waals surface area contributed by atoms with Crippen LogP contribution < -0.4 is 15.2 Å². The highest BCUT2D eigenvalue weighted by atomic mass is 19.4. The summed E-state index contributed by atoms with van der Waals surface area (Å²) in [6.07, 6.45) is -2.20. The van der Waals surface area contributed by atoms with Gasteiger partial charge in [-0.2, -0.15) is 13.2 Å². The van der Waals surface area contributed by atoms with E-state index in [4.69, 9.17) is 15.2 Å². The third-order valence-corrected chi connectivity index (χ3v) is 4.08. The SMILES string of the molecule is NCC1(c2c(C(F)(F)F)ccc3c2OCO3)CCC1. The van der Waals surface area contributed by atoms with Crippen LogP contribution >= 0.6 is 0 Å². The molecule has 1 aliphatic heterocycles. The van der Waals surface area contributed by atoms with E-state index in [-0.39, 0.29) is 24.7 Å². The minimum atomic E-state index is -4.41. The van der Waals surface area contributed by atoms with E-state index in [1.165, 1.54) is 6.07 Å². The van der Waals surface area contributed by atoms with Crippen molar-refractivity contribution in [3.63, 3.8) is 0 Å². The maximum absolute atomic E-state index is 13.2. The zero-order valence-corrected chi connectivity index (χ0v) is 10.2. The van der Waals surface area contributed by atoms with Crippen LogP contribution in [0.3, 0.4) is 0 Å². The first kappa shape index (κ1) is 12.6. The maximum atomic E-state index is 13.2. The highest BCUT2D eigenvalue weighted by Crippen LogP contribution is 2.54. The summed E-state index contributed by atoms with van der Waals surface area (Å²) in [4.78, 5) is 0. The van der Waals surface area contributed by atoms with Gasteiger partial charge in [0.05, 0.1) is 5.56 Å². The van der Waals surface area contributed by atoms with Gasteiger partial charge in [-0.15, -0.1) is 0 Å². The quantitative estimate of drug-likeness (QED) is 0.901. The van der Waals surface area contributed by atoms with Crippen LogP contribution in [0.15, 0.2) is 12.1 Å². The van der Waals surface area contributed by atoms with Crippen molar-refractivity contribution in [3.05, 3.63) is 23.3 Å². The Labute approximate surface area is 108 Å². The molecule has 2 N–H and O–H groups in total. The van der Waals surface area contributed by atoms with Crippen molar-refractivity contribution >= 4 is 0 Å². The normalized spacial score (nSPS) is 20.2. The van der Waals surface area contributed by atoms with Gasteiger partial charge in [-0.1, -0.05) is 6.42 Å². The molecule has 0 radical (unpaired) electrons. The van der Waals surface area contributed by atoms with E-state index in [0.717, 1.165) is 12.5 Å². The molecule has 1 fully saturated rings. The number of benzene rings is 1. The molecule has 0 atom stereocenters. The molecule has 6 heteroatoms. The molecular weight excluding hydrogens is 259 g/mol. The summed E-state index contributed by atoms with van der Waals surface area (Å²) < 4.78 is 50.1. The molecule has 0 saturated heterocycles.